The molecule has 4 nitrogen and oxygen atoms in total. The Kier molecular flexibility index (Phi) is 6.43. The van der Waals surface area contributed by atoms with Gasteiger partial charge < -0.3 is 10.6 Å². The van der Waals surface area contributed by atoms with Gasteiger partial charge >= 0.3 is 0 Å². The molecule has 0 unspecified atom stereocenters. The highest BCUT2D eigenvalue weighted by molar-refractivity contribution is 7.09. The number of carbonyl (C=O) groups excluding carboxylic acids is 2. The van der Waals surface area contributed by atoms with Crippen molar-refractivity contribution >= 4 is 23.2 Å². The van der Waals surface area contributed by atoms with Gasteiger partial charge in [-0.05, 0) is 38.1 Å². The van der Waals surface area contributed by atoms with Gasteiger partial charge in [0.2, 0.25) is 11.8 Å². The van der Waals surface area contributed by atoms with Gasteiger partial charge in [0.25, 0.3) is 0 Å². The summed E-state index contributed by atoms with van der Waals surface area (Å²) in [4.78, 5) is 24.1. The Bertz CT molecular complexity index is 374. The second kappa shape index (κ2) is 7.87. The van der Waals surface area contributed by atoms with Crippen LogP contribution in [0.2, 0.25) is 0 Å². The van der Waals surface area contributed by atoms with Gasteiger partial charge in [0.05, 0.1) is 6.54 Å². The van der Waals surface area contributed by atoms with Gasteiger partial charge in [-0.3, -0.25) is 9.59 Å². The summed E-state index contributed by atoms with van der Waals surface area (Å²) >= 11 is 1.70. The summed E-state index contributed by atoms with van der Waals surface area (Å²) in [5.41, 5.74) is 0. The zero-order valence-electron chi connectivity index (χ0n) is 10.9. The van der Waals surface area contributed by atoms with Gasteiger partial charge in [-0.25, -0.2) is 0 Å². The summed E-state index contributed by atoms with van der Waals surface area (Å²) in [6.07, 6.45) is 2.20. The van der Waals surface area contributed by atoms with Gasteiger partial charge in [-0.15, -0.1) is 11.3 Å². The van der Waals surface area contributed by atoms with Crippen molar-refractivity contribution in [1.29, 1.82) is 0 Å². The molecule has 0 aliphatic rings. The van der Waals surface area contributed by atoms with E-state index in [1.807, 2.05) is 25.3 Å². The first-order valence-electron chi connectivity index (χ1n) is 6.16. The lowest BCUT2D eigenvalue weighted by Gasteiger charge is -2.09. The molecule has 18 heavy (non-hydrogen) atoms. The molecule has 0 aromatic carbocycles. The van der Waals surface area contributed by atoms with Crippen LogP contribution in [0.5, 0.6) is 0 Å². The van der Waals surface area contributed by atoms with Gasteiger partial charge in [-0.2, -0.15) is 0 Å². The van der Waals surface area contributed by atoms with E-state index >= 15 is 0 Å². The highest BCUT2D eigenvalue weighted by Crippen LogP contribution is 2.11. The first-order chi connectivity index (χ1) is 8.58. The molecule has 2 amide bonds. The van der Waals surface area contributed by atoms with Gasteiger partial charge in [0.1, 0.15) is 0 Å². The number of hydrogen-bond acceptors (Lipinski definition) is 3. The summed E-state index contributed by atoms with van der Waals surface area (Å²) in [7, 11) is 0. The van der Waals surface area contributed by atoms with E-state index in [4.69, 9.17) is 0 Å². The number of amides is 2. The summed E-state index contributed by atoms with van der Waals surface area (Å²) in [6.45, 7) is 3.84. The Hall–Kier alpha value is -1.36. The van der Waals surface area contributed by atoms with Crippen LogP contribution in [0, 0.1) is 0 Å². The molecule has 100 valence electrons. The van der Waals surface area contributed by atoms with Gasteiger partial charge in [0.15, 0.2) is 0 Å². The van der Waals surface area contributed by atoms with E-state index in [1.165, 1.54) is 4.88 Å². The Labute approximate surface area is 112 Å². The quantitative estimate of drug-likeness (QED) is 0.791. The van der Waals surface area contributed by atoms with E-state index in [-0.39, 0.29) is 24.4 Å². The lowest BCUT2D eigenvalue weighted by atomic mass is 10.2. The zero-order chi connectivity index (χ0) is 13.4. The minimum Gasteiger partial charge on any atom is -0.352 e. The summed E-state index contributed by atoms with van der Waals surface area (Å²) in [5.74, 6) is -0.206. The van der Waals surface area contributed by atoms with Gasteiger partial charge in [0, 0.05) is 17.3 Å². The molecule has 1 aromatic heterocycles. The standard InChI is InChI=1S/C13H20N2O2S/c1-10(2)15-13(17)9-14-12(16)7-3-5-11-6-4-8-18-11/h4,6,8,10H,3,5,7,9H2,1-2H3,(H,14,16)(H,15,17). The predicted octanol–water partition coefficient (Wildman–Crippen LogP) is 1.71. The Morgan fingerprint density at radius 2 is 2.11 bits per heavy atom. The molecule has 0 atom stereocenters. The van der Waals surface area contributed by atoms with Crippen molar-refractivity contribution in [3.8, 4) is 0 Å². The van der Waals surface area contributed by atoms with Crippen LogP contribution in [-0.2, 0) is 16.0 Å². The van der Waals surface area contributed by atoms with Crippen molar-refractivity contribution in [3.05, 3.63) is 22.4 Å². The normalized spacial score (nSPS) is 10.4. The fraction of sp³-hybridized carbons (Fsp3) is 0.538. The fourth-order valence-corrected chi connectivity index (χ4v) is 2.27. The molecule has 1 heterocycles. The molecule has 0 aliphatic heterocycles. The first-order valence-corrected chi connectivity index (χ1v) is 7.04. The highest BCUT2D eigenvalue weighted by Gasteiger charge is 2.06. The molecular weight excluding hydrogens is 248 g/mol. The molecule has 0 fully saturated rings. The van der Waals surface area contributed by atoms with Crippen molar-refractivity contribution in [2.24, 2.45) is 0 Å². The van der Waals surface area contributed by atoms with Crippen molar-refractivity contribution in [2.45, 2.75) is 39.2 Å². The average Bonchev–Trinajstić information content (AvgIpc) is 2.78. The third-order valence-electron chi connectivity index (χ3n) is 2.30. The minimum absolute atomic E-state index is 0.0644. The zero-order valence-corrected chi connectivity index (χ0v) is 11.7. The number of hydrogen-bond donors (Lipinski definition) is 2. The lowest BCUT2D eigenvalue weighted by Crippen LogP contribution is -2.39. The number of rotatable bonds is 7. The van der Waals surface area contributed by atoms with Crippen molar-refractivity contribution in [1.82, 2.24) is 10.6 Å². The SMILES string of the molecule is CC(C)NC(=O)CNC(=O)CCCc1cccs1. The highest BCUT2D eigenvalue weighted by atomic mass is 32.1. The number of carbonyl (C=O) groups is 2. The Morgan fingerprint density at radius 3 is 2.72 bits per heavy atom. The van der Waals surface area contributed by atoms with Crippen LogP contribution in [0.25, 0.3) is 0 Å². The maximum Gasteiger partial charge on any atom is 0.239 e. The van der Waals surface area contributed by atoms with Crippen LogP contribution in [-0.4, -0.2) is 24.4 Å². The smallest absolute Gasteiger partial charge is 0.239 e. The van der Waals surface area contributed by atoms with E-state index < -0.39 is 0 Å². The molecule has 0 spiro atoms. The number of aryl methyl sites for hydroxylation is 1. The predicted molar refractivity (Wildman–Crippen MR) is 73.5 cm³/mol. The molecule has 1 rings (SSSR count). The molecule has 5 heteroatoms. The van der Waals surface area contributed by atoms with E-state index in [2.05, 4.69) is 16.7 Å². The van der Waals surface area contributed by atoms with E-state index in [0.29, 0.717) is 6.42 Å². The lowest BCUT2D eigenvalue weighted by molar-refractivity contribution is -0.126. The van der Waals surface area contributed by atoms with E-state index in [1.54, 1.807) is 11.3 Å². The molecular formula is C13H20N2O2S. The second-order valence-corrected chi connectivity index (χ2v) is 5.46. The van der Waals surface area contributed by atoms with Crippen LogP contribution in [0.3, 0.4) is 0 Å². The Morgan fingerprint density at radius 1 is 1.33 bits per heavy atom. The molecule has 0 saturated carbocycles. The Balaban J connectivity index is 2.08. The third kappa shape index (κ3) is 6.39. The maximum absolute atomic E-state index is 11.5. The molecule has 0 aliphatic carbocycles. The second-order valence-electron chi connectivity index (χ2n) is 4.43. The molecule has 0 bridgehead atoms. The number of thiophene rings is 1. The average molecular weight is 268 g/mol. The maximum atomic E-state index is 11.5. The van der Waals surface area contributed by atoms with Gasteiger partial charge in [-0.1, -0.05) is 6.07 Å². The van der Waals surface area contributed by atoms with Crippen molar-refractivity contribution in [2.75, 3.05) is 6.54 Å². The minimum atomic E-state index is -0.142. The van der Waals surface area contributed by atoms with Crippen LogP contribution in [0.1, 0.15) is 31.6 Å². The summed E-state index contributed by atoms with van der Waals surface area (Å²) in [6, 6.07) is 4.18. The van der Waals surface area contributed by atoms with Crippen molar-refractivity contribution in [3.63, 3.8) is 0 Å². The van der Waals surface area contributed by atoms with Crippen LogP contribution in [0.15, 0.2) is 17.5 Å². The fourth-order valence-electron chi connectivity index (χ4n) is 1.52. The number of nitrogens with one attached hydrogen (secondary N) is 2. The van der Waals surface area contributed by atoms with E-state index in [0.717, 1.165) is 12.8 Å². The molecule has 0 radical (unpaired) electrons. The summed E-state index contributed by atoms with van der Waals surface area (Å²) < 4.78 is 0. The van der Waals surface area contributed by atoms with Crippen molar-refractivity contribution < 1.29 is 9.59 Å². The topological polar surface area (TPSA) is 58.2 Å². The monoisotopic (exact) mass is 268 g/mol. The largest absolute Gasteiger partial charge is 0.352 e. The van der Waals surface area contributed by atoms with Crippen LogP contribution in [0.4, 0.5) is 0 Å². The van der Waals surface area contributed by atoms with Crippen LogP contribution < -0.4 is 10.6 Å². The van der Waals surface area contributed by atoms with Crippen LogP contribution >= 0.6 is 11.3 Å². The molecule has 1 aromatic rings. The summed E-state index contributed by atoms with van der Waals surface area (Å²) in [5, 5.41) is 7.38. The van der Waals surface area contributed by atoms with E-state index in [9.17, 15) is 9.59 Å². The third-order valence-corrected chi connectivity index (χ3v) is 3.24. The first kappa shape index (κ1) is 14.7. The molecule has 2 N–H and O–H groups in total. The molecule has 0 saturated heterocycles.